The van der Waals surface area contributed by atoms with Crippen LogP contribution in [0.5, 0.6) is 17.8 Å². The molecule has 44 heavy (non-hydrogen) atoms. The van der Waals surface area contributed by atoms with Crippen molar-refractivity contribution in [1.29, 1.82) is 0 Å². The first kappa shape index (κ1) is 31.7. The summed E-state index contributed by atoms with van der Waals surface area (Å²) < 4.78 is 17.5. The van der Waals surface area contributed by atoms with Crippen LogP contribution in [0.4, 0.5) is 0 Å². The fraction of sp³-hybridized carbons (Fsp3) is 0.500. The molecule has 2 atom stereocenters. The van der Waals surface area contributed by atoms with Gasteiger partial charge in [0.2, 0.25) is 17.7 Å². The third kappa shape index (κ3) is 7.31. The largest absolute Gasteiger partial charge is 0.478 e. The molecule has 1 aromatic heterocycles. The predicted molar refractivity (Wildman–Crippen MR) is 168 cm³/mol. The van der Waals surface area contributed by atoms with Gasteiger partial charge in [-0.25, -0.2) is 0 Å². The van der Waals surface area contributed by atoms with E-state index in [1.165, 1.54) is 11.1 Å². The number of carbonyl (C=O) groups is 1. The average molecular weight is 604 g/mol. The number of hydrogen-bond donors (Lipinski definition) is 1. The zero-order chi connectivity index (χ0) is 30.9. The molecule has 3 aromatic rings. The van der Waals surface area contributed by atoms with Gasteiger partial charge in [-0.1, -0.05) is 60.7 Å². The standard InChI is InChI=1S/C34H45N5O5/c1-4-42-32-28(33(43-5-2)36-34(35-32)44-6-3)17-18-37-21-27-22-38(30(41)24-40)19-20-39(27)29(23-37)31(25-13-9-7-10-14-25)26-15-11-8-12-16-26/h7-16,27,29,31,40H,4-6,17-24H2,1-3H3/t27-,29+/m1/s1. The molecular weight excluding hydrogens is 558 g/mol. The first-order valence-corrected chi connectivity index (χ1v) is 15.8. The Morgan fingerprint density at radius 3 is 1.98 bits per heavy atom. The quantitative estimate of drug-likeness (QED) is 0.316. The maximum absolute atomic E-state index is 12.6. The summed E-state index contributed by atoms with van der Waals surface area (Å²) in [4.78, 5) is 28.6. The van der Waals surface area contributed by atoms with Crippen LogP contribution in [0.25, 0.3) is 0 Å². The maximum Gasteiger partial charge on any atom is 0.323 e. The van der Waals surface area contributed by atoms with Gasteiger partial charge in [0.05, 0.1) is 25.4 Å². The molecule has 2 aromatic carbocycles. The van der Waals surface area contributed by atoms with Crippen LogP contribution in [-0.4, -0.2) is 113 Å². The van der Waals surface area contributed by atoms with E-state index in [9.17, 15) is 9.90 Å². The molecule has 1 amide bonds. The van der Waals surface area contributed by atoms with Crippen LogP contribution in [0.2, 0.25) is 0 Å². The summed E-state index contributed by atoms with van der Waals surface area (Å²) in [5, 5.41) is 9.62. The van der Waals surface area contributed by atoms with E-state index in [1.807, 2.05) is 25.7 Å². The van der Waals surface area contributed by atoms with Gasteiger partial charge in [0.25, 0.3) is 0 Å². The van der Waals surface area contributed by atoms with Crippen molar-refractivity contribution >= 4 is 5.91 Å². The number of amides is 1. The highest BCUT2D eigenvalue weighted by atomic mass is 16.5. The summed E-state index contributed by atoms with van der Waals surface area (Å²) in [6, 6.07) is 22.0. The van der Waals surface area contributed by atoms with Crippen LogP contribution in [0.3, 0.4) is 0 Å². The monoisotopic (exact) mass is 603 g/mol. The van der Waals surface area contributed by atoms with Crippen LogP contribution >= 0.6 is 0 Å². The first-order chi connectivity index (χ1) is 21.6. The number of nitrogens with zero attached hydrogens (tertiary/aromatic N) is 5. The summed E-state index contributed by atoms with van der Waals surface area (Å²) in [6.07, 6.45) is 0.636. The van der Waals surface area contributed by atoms with Crippen LogP contribution in [0.15, 0.2) is 60.7 Å². The fourth-order valence-corrected chi connectivity index (χ4v) is 6.59. The Bertz CT molecular complexity index is 1280. The Hall–Kier alpha value is -3.73. The number of piperazine rings is 2. The van der Waals surface area contributed by atoms with Gasteiger partial charge in [-0.2, -0.15) is 9.97 Å². The second-order valence-electron chi connectivity index (χ2n) is 11.2. The third-order valence-electron chi connectivity index (χ3n) is 8.48. The second-order valence-corrected chi connectivity index (χ2v) is 11.2. The van der Waals surface area contributed by atoms with Crippen molar-refractivity contribution in [3.8, 4) is 17.8 Å². The van der Waals surface area contributed by atoms with Crippen molar-refractivity contribution in [3.63, 3.8) is 0 Å². The van der Waals surface area contributed by atoms with Gasteiger partial charge in [-0.3, -0.25) is 14.6 Å². The molecule has 0 saturated carbocycles. The average Bonchev–Trinajstić information content (AvgIpc) is 3.05. The van der Waals surface area contributed by atoms with Crippen molar-refractivity contribution in [3.05, 3.63) is 77.4 Å². The molecule has 236 valence electrons. The number of aliphatic hydroxyl groups is 1. The molecule has 0 bridgehead atoms. The Balaban J connectivity index is 1.47. The van der Waals surface area contributed by atoms with Gasteiger partial charge in [-0.05, 0) is 38.3 Å². The van der Waals surface area contributed by atoms with Crippen LogP contribution in [0.1, 0.15) is 43.4 Å². The Morgan fingerprint density at radius 1 is 0.841 bits per heavy atom. The van der Waals surface area contributed by atoms with Gasteiger partial charge < -0.3 is 24.2 Å². The zero-order valence-corrected chi connectivity index (χ0v) is 26.1. The number of aromatic nitrogens is 2. The fourth-order valence-electron chi connectivity index (χ4n) is 6.59. The lowest BCUT2D eigenvalue weighted by atomic mass is 9.81. The summed E-state index contributed by atoms with van der Waals surface area (Å²) in [6.45, 7) is 11.0. The summed E-state index contributed by atoms with van der Waals surface area (Å²) in [5.41, 5.74) is 3.38. The molecule has 10 heteroatoms. The molecule has 0 unspecified atom stereocenters. The lowest BCUT2D eigenvalue weighted by Gasteiger charge is -2.53. The number of aliphatic hydroxyl groups excluding tert-OH is 1. The van der Waals surface area contributed by atoms with E-state index in [-0.39, 0.29) is 29.9 Å². The lowest BCUT2D eigenvalue weighted by molar-refractivity contribution is -0.139. The van der Waals surface area contributed by atoms with E-state index >= 15 is 0 Å². The number of rotatable bonds is 13. The van der Waals surface area contributed by atoms with Crippen molar-refractivity contribution in [1.82, 2.24) is 24.7 Å². The van der Waals surface area contributed by atoms with Gasteiger partial charge in [0.15, 0.2) is 0 Å². The molecule has 2 saturated heterocycles. The van der Waals surface area contributed by atoms with E-state index in [4.69, 9.17) is 14.2 Å². The summed E-state index contributed by atoms with van der Waals surface area (Å²) >= 11 is 0. The highest BCUT2D eigenvalue weighted by Crippen LogP contribution is 2.36. The highest BCUT2D eigenvalue weighted by Gasteiger charge is 2.43. The normalized spacial score (nSPS) is 19.1. The SMILES string of the molecule is CCOc1nc(OCC)c(CCN2C[C@@H]3CN(C(=O)CO)CCN3[C@H](C(c3ccccc3)c3ccccc3)C2)c(OCC)n1. The van der Waals surface area contributed by atoms with Crippen LogP contribution in [-0.2, 0) is 11.2 Å². The molecule has 2 fully saturated rings. The number of ether oxygens (including phenoxy) is 3. The number of hydrogen-bond acceptors (Lipinski definition) is 9. The molecule has 1 N–H and O–H groups in total. The van der Waals surface area contributed by atoms with Crippen molar-refractivity contribution < 1.29 is 24.1 Å². The topological polar surface area (TPSA) is 100 Å². The van der Waals surface area contributed by atoms with E-state index < -0.39 is 6.61 Å². The van der Waals surface area contributed by atoms with Crippen LogP contribution < -0.4 is 14.2 Å². The van der Waals surface area contributed by atoms with Crippen LogP contribution in [0, 0.1) is 0 Å². The second kappa shape index (κ2) is 15.3. The van der Waals surface area contributed by atoms with Gasteiger partial charge in [0.1, 0.15) is 6.61 Å². The Labute approximate surface area is 260 Å². The summed E-state index contributed by atoms with van der Waals surface area (Å²) in [5.74, 6) is 0.923. The number of carbonyl (C=O) groups excluding carboxylic acids is 1. The van der Waals surface area contributed by atoms with E-state index in [0.29, 0.717) is 51.1 Å². The number of fused-ring (bicyclic) bond motifs is 1. The highest BCUT2D eigenvalue weighted by molar-refractivity contribution is 5.77. The van der Waals surface area contributed by atoms with Gasteiger partial charge in [0, 0.05) is 57.3 Å². The Kier molecular flexibility index (Phi) is 11.0. The van der Waals surface area contributed by atoms with Gasteiger partial charge in [-0.15, -0.1) is 0 Å². The lowest BCUT2D eigenvalue weighted by Crippen LogP contribution is -2.67. The van der Waals surface area contributed by atoms with Crippen molar-refractivity contribution in [2.75, 3.05) is 65.7 Å². The summed E-state index contributed by atoms with van der Waals surface area (Å²) in [7, 11) is 0. The molecule has 10 nitrogen and oxygen atoms in total. The molecule has 0 aliphatic carbocycles. The minimum Gasteiger partial charge on any atom is -0.478 e. The molecule has 0 radical (unpaired) electrons. The Morgan fingerprint density at radius 2 is 1.43 bits per heavy atom. The predicted octanol–water partition coefficient (Wildman–Crippen LogP) is 3.24. The number of benzene rings is 2. The minimum atomic E-state index is -0.464. The first-order valence-electron chi connectivity index (χ1n) is 15.8. The molecule has 2 aliphatic heterocycles. The van der Waals surface area contributed by atoms with Crippen molar-refractivity contribution in [2.24, 2.45) is 0 Å². The molecule has 2 aliphatic rings. The minimum absolute atomic E-state index is 0.127. The third-order valence-corrected chi connectivity index (χ3v) is 8.48. The molecule has 5 rings (SSSR count). The van der Waals surface area contributed by atoms with E-state index in [2.05, 4.69) is 80.4 Å². The van der Waals surface area contributed by atoms with E-state index in [1.54, 1.807) is 0 Å². The van der Waals surface area contributed by atoms with E-state index in [0.717, 1.165) is 31.7 Å². The smallest absolute Gasteiger partial charge is 0.323 e. The van der Waals surface area contributed by atoms with Gasteiger partial charge >= 0.3 is 6.01 Å². The molecule has 3 heterocycles. The van der Waals surface area contributed by atoms with Crippen molar-refractivity contribution in [2.45, 2.75) is 45.2 Å². The molecule has 0 spiro atoms. The maximum atomic E-state index is 12.6. The zero-order valence-electron chi connectivity index (χ0n) is 26.1. The molecular formula is C34H45N5O5.